The number of benzene rings is 1. The summed E-state index contributed by atoms with van der Waals surface area (Å²) in [6.45, 7) is 8.46. The second-order valence-corrected chi connectivity index (χ2v) is 8.59. The predicted molar refractivity (Wildman–Crippen MR) is 107 cm³/mol. The number of piperidine rings is 1. The number of amides is 1. The zero-order valence-electron chi connectivity index (χ0n) is 15.7. The van der Waals surface area contributed by atoms with Crippen LogP contribution in [0.1, 0.15) is 45.9 Å². The minimum atomic E-state index is -0.0792. The third kappa shape index (κ3) is 5.00. The van der Waals surface area contributed by atoms with Crippen LogP contribution in [0.5, 0.6) is 0 Å². The summed E-state index contributed by atoms with van der Waals surface area (Å²) in [6.07, 6.45) is 3.84. The lowest BCUT2D eigenvalue weighted by Crippen LogP contribution is -2.29. The molecule has 0 saturated carbocycles. The summed E-state index contributed by atoms with van der Waals surface area (Å²) >= 11 is 1.34. The Hall–Kier alpha value is -2.02. The number of carbonyl (C=O) groups is 1. The van der Waals surface area contributed by atoms with E-state index in [1.165, 1.54) is 36.7 Å². The molecule has 1 saturated heterocycles. The van der Waals surface area contributed by atoms with Crippen molar-refractivity contribution in [3.05, 3.63) is 30.1 Å². The number of hydrogen-bond acceptors (Lipinski definition) is 5. The molecular formula is C19H27N5OS. The summed E-state index contributed by atoms with van der Waals surface area (Å²) in [5.74, 6) is 1.06. The SMILES string of the molecule is CC(C)(C)c1nc(SCC(=O)Nc2ccc(N3CCCCC3)cc2)n[nH]1. The van der Waals surface area contributed by atoms with E-state index in [2.05, 4.69) is 58.3 Å². The van der Waals surface area contributed by atoms with Crippen LogP contribution in [0.4, 0.5) is 11.4 Å². The summed E-state index contributed by atoms with van der Waals surface area (Å²) < 4.78 is 0. The number of thioether (sulfide) groups is 1. The molecule has 6 nitrogen and oxygen atoms in total. The second kappa shape index (κ2) is 8.12. The summed E-state index contributed by atoms with van der Waals surface area (Å²) in [6, 6.07) is 8.10. The molecule has 26 heavy (non-hydrogen) atoms. The van der Waals surface area contributed by atoms with Gasteiger partial charge in [-0.05, 0) is 43.5 Å². The molecule has 2 aromatic rings. The van der Waals surface area contributed by atoms with E-state index in [4.69, 9.17) is 0 Å². The Balaban J connectivity index is 1.49. The van der Waals surface area contributed by atoms with E-state index in [9.17, 15) is 4.79 Å². The highest BCUT2D eigenvalue weighted by atomic mass is 32.2. The van der Waals surface area contributed by atoms with Gasteiger partial charge in [0.15, 0.2) is 0 Å². The van der Waals surface area contributed by atoms with Crippen LogP contribution < -0.4 is 10.2 Å². The molecule has 0 spiro atoms. The molecule has 0 radical (unpaired) electrons. The minimum absolute atomic E-state index is 0.0529. The molecule has 0 unspecified atom stereocenters. The van der Waals surface area contributed by atoms with Crippen LogP contribution >= 0.6 is 11.8 Å². The fraction of sp³-hybridized carbons (Fsp3) is 0.526. The van der Waals surface area contributed by atoms with E-state index in [0.717, 1.165) is 24.6 Å². The lowest BCUT2D eigenvalue weighted by molar-refractivity contribution is -0.113. The third-order valence-electron chi connectivity index (χ3n) is 4.38. The van der Waals surface area contributed by atoms with Crippen LogP contribution in [-0.2, 0) is 10.2 Å². The van der Waals surface area contributed by atoms with Gasteiger partial charge in [-0.1, -0.05) is 32.5 Å². The Kier molecular flexibility index (Phi) is 5.86. The number of H-pyrrole nitrogens is 1. The van der Waals surface area contributed by atoms with E-state index in [1.807, 2.05) is 12.1 Å². The van der Waals surface area contributed by atoms with Crippen LogP contribution in [0.2, 0.25) is 0 Å². The number of carbonyl (C=O) groups excluding carboxylic acids is 1. The maximum Gasteiger partial charge on any atom is 0.234 e. The van der Waals surface area contributed by atoms with Crippen molar-refractivity contribution in [2.24, 2.45) is 0 Å². The van der Waals surface area contributed by atoms with Gasteiger partial charge < -0.3 is 10.2 Å². The number of nitrogens with zero attached hydrogens (tertiary/aromatic N) is 3. The maximum absolute atomic E-state index is 12.2. The number of nitrogens with one attached hydrogen (secondary N) is 2. The van der Waals surface area contributed by atoms with E-state index in [1.54, 1.807) is 0 Å². The Labute approximate surface area is 159 Å². The number of rotatable bonds is 5. The van der Waals surface area contributed by atoms with Gasteiger partial charge in [0.2, 0.25) is 11.1 Å². The largest absolute Gasteiger partial charge is 0.372 e. The average molecular weight is 374 g/mol. The van der Waals surface area contributed by atoms with Gasteiger partial charge in [0.1, 0.15) is 5.82 Å². The Morgan fingerprint density at radius 1 is 1.19 bits per heavy atom. The molecule has 1 amide bonds. The monoisotopic (exact) mass is 373 g/mol. The van der Waals surface area contributed by atoms with E-state index >= 15 is 0 Å². The summed E-state index contributed by atoms with van der Waals surface area (Å²) in [4.78, 5) is 19.0. The van der Waals surface area contributed by atoms with Crippen molar-refractivity contribution in [1.82, 2.24) is 15.2 Å². The number of hydrogen-bond donors (Lipinski definition) is 2. The van der Waals surface area contributed by atoms with Gasteiger partial charge in [-0.25, -0.2) is 4.98 Å². The van der Waals surface area contributed by atoms with Gasteiger partial charge in [0.25, 0.3) is 0 Å². The van der Waals surface area contributed by atoms with Gasteiger partial charge in [0.05, 0.1) is 5.75 Å². The van der Waals surface area contributed by atoms with E-state index in [-0.39, 0.29) is 17.1 Å². The highest BCUT2D eigenvalue weighted by Crippen LogP contribution is 2.23. The second-order valence-electron chi connectivity index (χ2n) is 7.65. The summed E-state index contributed by atoms with van der Waals surface area (Å²) in [7, 11) is 0. The minimum Gasteiger partial charge on any atom is -0.372 e. The van der Waals surface area contributed by atoms with Crippen molar-refractivity contribution in [2.45, 2.75) is 50.6 Å². The van der Waals surface area contributed by atoms with Crippen LogP contribution in [0, 0.1) is 0 Å². The van der Waals surface area contributed by atoms with Crippen LogP contribution in [0.3, 0.4) is 0 Å². The van der Waals surface area contributed by atoms with Crippen molar-refractivity contribution in [2.75, 3.05) is 29.1 Å². The van der Waals surface area contributed by atoms with Gasteiger partial charge >= 0.3 is 0 Å². The van der Waals surface area contributed by atoms with Gasteiger partial charge in [-0.15, -0.1) is 5.10 Å². The fourth-order valence-electron chi connectivity index (χ4n) is 2.88. The average Bonchev–Trinajstić information content (AvgIpc) is 3.11. The molecule has 7 heteroatoms. The van der Waals surface area contributed by atoms with E-state index in [0.29, 0.717) is 5.16 Å². The standard InChI is InChI=1S/C19H27N5OS/c1-19(2,3)17-21-18(23-22-17)26-13-16(25)20-14-7-9-15(10-8-14)24-11-5-4-6-12-24/h7-10H,4-6,11-13H2,1-3H3,(H,20,25)(H,21,22,23). The Bertz CT molecular complexity index is 729. The first-order valence-corrected chi connectivity index (χ1v) is 10.1. The zero-order chi connectivity index (χ0) is 18.6. The molecule has 0 atom stereocenters. The molecule has 2 heterocycles. The molecule has 1 aromatic heterocycles. The first kappa shape index (κ1) is 18.8. The fourth-order valence-corrected chi connectivity index (χ4v) is 3.48. The topological polar surface area (TPSA) is 73.9 Å². The molecule has 1 fully saturated rings. The summed E-state index contributed by atoms with van der Waals surface area (Å²) in [5, 5.41) is 10.6. The van der Waals surface area contributed by atoms with Crippen molar-refractivity contribution >= 4 is 29.0 Å². The van der Waals surface area contributed by atoms with Gasteiger partial charge in [-0.2, -0.15) is 0 Å². The van der Waals surface area contributed by atoms with Crippen molar-refractivity contribution < 1.29 is 4.79 Å². The highest BCUT2D eigenvalue weighted by Gasteiger charge is 2.19. The highest BCUT2D eigenvalue weighted by molar-refractivity contribution is 7.99. The Morgan fingerprint density at radius 3 is 2.50 bits per heavy atom. The van der Waals surface area contributed by atoms with Gasteiger partial charge in [-0.3, -0.25) is 9.89 Å². The molecule has 0 bridgehead atoms. The van der Waals surface area contributed by atoms with Crippen molar-refractivity contribution in [3.63, 3.8) is 0 Å². The summed E-state index contributed by atoms with van der Waals surface area (Å²) in [5.41, 5.74) is 1.97. The van der Waals surface area contributed by atoms with Crippen LogP contribution in [0.15, 0.2) is 29.4 Å². The van der Waals surface area contributed by atoms with Gasteiger partial charge in [0, 0.05) is 29.9 Å². The lowest BCUT2D eigenvalue weighted by atomic mass is 9.96. The molecule has 1 aromatic carbocycles. The van der Waals surface area contributed by atoms with Crippen LogP contribution in [-0.4, -0.2) is 39.9 Å². The molecule has 2 N–H and O–H groups in total. The molecule has 140 valence electrons. The van der Waals surface area contributed by atoms with Crippen molar-refractivity contribution in [1.29, 1.82) is 0 Å². The maximum atomic E-state index is 12.2. The smallest absolute Gasteiger partial charge is 0.234 e. The lowest BCUT2D eigenvalue weighted by Gasteiger charge is -2.28. The van der Waals surface area contributed by atoms with E-state index < -0.39 is 0 Å². The number of anilines is 2. The quantitative estimate of drug-likeness (QED) is 0.779. The first-order valence-electron chi connectivity index (χ1n) is 9.12. The number of aromatic nitrogens is 3. The number of aromatic amines is 1. The molecular weight excluding hydrogens is 346 g/mol. The first-order chi connectivity index (χ1) is 12.4. The van der Waals surface area contributed by atoms with Crippen molar-refractivity contribution in [3.8, 4) is 0 Å². The molecule has 1 aliphatic rings. The predicted octanol–water partition coefficient (Wildman–Crippen LogP) is 3.82. The molecule has 3 rings (SSSR count). The third-order valence-corrected chi connectivity index (χ3v) is 5.23. The normalized spacial score (nSPS) is 15.1. The molecule has 1 aliphatic heterocycles. The zero-order valence-corrected chi connectivity index (χ0v) is 16.5. The molecule has 0 aliphatic carbocycles. The van der Waals surface area contributed by atoms with Crippen LogP contribution in [0.25, 0.3) is 0 Å². The Morgan fingerprint density at radius 2 is 1.88 bits per heavy atom.